The highest BCUT2D eigenvalue weighted by Gasteiger charge is 2.35. The van der Waals surface area contributed by atoms with Crippen molar-refractivity contribution in [3.8, 4) is 56.4 Å². The Hall–Kier alpha value is -6.33. The molecule has 3 heterocycles. The maximum Gasteiger partial charge on any atom is 0.227 e. The Labute approximate surface area is 282 Å². The normalized spacial score (nSPS) is 13.3. The van der Waals surface area contributed by atoms with E-state index in [-0.39, 0.29) is 5.41 Å². The molecule has 0 atom stereocenters. The number of aromatic nitrogens is 3. The van der Waals surface area contributed by atoms with Gasteiger partial charge in [0.1, 0.15) is 11.0 Å². The highest BCUT2D eigenvalue weighted by atomic mass is 16.4. The Balaban J connectivity index is 1.18. The zero-order valence-electron chi connectivity index (χ0n) is 26.9. The lowest BCUT2D eigenvalue weighted by Gasteiger charge is -2.22. The Morgan fingerprint density at radius 1 is 0.429 bits per heavy atom. The van der Waals surface area contributed by atoms with Crippen molar-refractivity contribution in [2.45, 2.75) is 19.3 Å². The van der Waals surface area contributed by atoms with Crippen LogP contribution in [0, 0.1) is 0 Å². The van der Waals surface area contributed by atoms with Gasteiger partial charge >= 0.3 is 0 Å². The van der Waals surface area contributed by atoms with Crippen molar-refractivity contribution in [1.29, 1.82) is 0 Å². The van der Waals surface area contributed by atoms with Crippen molar-refractivity contribution in [3.63, 3.8) is 0 Å². The van der Waals surface area contributed by atoms with Gasteiger partial charge < -0.3 is 8.83 Å². The molecule has 0 bridgehead atoms. The average molecular weight is 632 g/mol. The van der Waals surface area contributed by atoms with Gasteiger partial charge in [-0.3, -0.25) is 0 Å². The topological polar surface area (TPSA) is 65.0 Å². The van der Waals surface area contributed by atoms with Gasteiger partial charge in [-0.05, 0) is 94.0 Å². The lowest BCUT2D eigenvalue weighted by molar-refractivity contribution is 0.617. The fraction of sp³-hybridized carbons (Fsp3) is 0.0682. The summed E-state index contributed by atoms with van der Waals surface area (Å²) in [4.78, 5) is 14.9. The van der Waals surface area contributed by atoms with Crippen LogP contribution in [0.15, 0.2) is 148 Å². The summed E-state index contributed by atoms with van der Waals surface area (Å²) in [6.45, 7) is 4.64. The molecule has 0 spiro atoms. The number of nitrogens with zero attached hydrogens (tertiary/aromatic N) is 3. The van der Waals surface area contributed by atoms with Gasteiger partial charge in [0.25, 0.3) is 0 Å². The van der Waals surface area contributed by atoms with Crippen LogP contribution in [0.3, 0.4) is 0 Å². The molecule has 5 nitrogen and oxygen atoms in total. The molecule has 1 aliphatic rings. The molecule has 0 N–H and O–H groups in total. The second-order valence-electron chi connectivity index (χ2n) is 13.3. The van der Waals surface area contributed by atoms with Crippen molar-refractivity contribution < 1.29 is 8.83 Å². The lowest BCUT2D eigenvalue weighted by Crippen LogP contribution is -2.14. The second-order valence-corrected chi connectivity index (χ2v) is 13.3. The van der Waals surface area contributed by atoms with E-state index in [0.717, 1.165) is 66.6 Å². The molecule has 0 fully saturated rings. The molecule has 0 radical (unpaired) electrons. The zero-order valence-corrected chi connectivity index (χ0v) is 26.9. The van der Waals surface area contributed by atoms with Crippen molar-refractivity contribution in [1.82, 2.24) is 15.0 Å². The van der Waals surface area contributed by atoms with E-state index in [1.807, 2.05) is 60.7 Å². The second kappa shape index (κ2) is 10.3. The zero-order chi connectivity index (χ0) is 32.7. The largest absolute Gasteiger partial charge is 0.436 e. The first-order valence-corrected chi connectivity index (χ1v) is 16.5. The molecule has 0 saturated heterocycles. The summed E-state index contributed by atoms with van der Waals surface area (Å²) in [6.07, 6.45) is 0. The summed E-state index contributed by atoms with van der Waals surface area (Å²) in [5.74, 6) is 1.06. The number of oxazole rings is 2. The van der Waals surface area contributed by atoms with Crippen LogP contribution in [0.1, 0.15) is 25.0 Å². The highest BCUT2D eigenvalue weighted by Crippen LogP contribution is 2.50. The predicted octanol–water partition coefficient (Wildman–Crippen LogP) is 11.5. The van der Waals surface area contributed by atoms with Crippen molar-refractivity contribution in [2.75, 3.05) is 0 Å². The number of fused-ring (bicyclic) bond motifs is 6. The van der Waals surface area contributed by atoms with Gasteiger partial charge in [-0.2, -0.15) is 0 Å². The fourth-order valence-electron chi connectivity index (χ4n) is 7.45. The number of benzene rings is 6. The molecule has 1 aliphatic carbocycles. The highest BCUT2D eigenvalue weighted by molar-refractivity contribution is 5.98. The van der Waals surface area contributed by atoms with E-state index in [0.29, 0.717) is 11.8 Å². The third-order valence-corrected chi connectivity index (χ3v) is 9.92. The molecule has 5 heteroatoms. The molecular formula is C44H29N3O2. The monoisotopic (exact) mass is 631 g/mol. The number of para-hydroxylation sites is 5. The van der Waals surface area contributed by atoms with Gasteiger partial charge in [0.2, 0.25) is 11.8 Å². The first-order valence-electron chi connectivity index (χ1n) is 16.5. The minimum atomic E-state index is -0.101. The smallest absolute Gasteiger partial charge is 0.227 e. The maximum absolute atomic E-state index is 6.26. The molecule has 6 aromatic carbocycles. The Morgan fingerprint density at radius 2 is 1.00 bits per heavy atom. The lowest BCUT2D eigenvalue weighted by atomic mass is 9.81. The minimum Gasteiger partial charge on any atom is -0.436 e. The van der Waals surface area contributed by atoms with Crippen LogP contribution >= 0.6 is 0 Å². The van der Waals surface area contributed by atoms with E-state index in [1.54, 1.807) is 0 Å². The maximum atomic E-state index is 6.26. The average Bonchev–Trinajstić information content (AvgIpc) is 3.84. The fourth-order valence-corrected chi connectivity index (χ4v) is 7.45. The molecule has 10 rings (SSSR count). The SMILES string of the molecule is CC1(C)c2ccccc2-c2ccc(-c3cc(-c4cc(-c5nc6ccccc6o5)cc(-c5nc6ccccc6o5)c4)nc4ccccc34)cc21. The molecule has 0 saturated carbocycles. The summed E-state index contributed by atoms with van der Waals surface area (Å²) in [7, 11) is 0. The summed E-state index contributed by atoms with van der Waals surface area (Å²) >= 11 is 0. The summed E-state index contributed by atoms with van der Waals surface area (Å²) in [6, 6.07) is 48.1. The number of rotatable bonds is 4. The van der Waals surface area contributed by atoms with Gasteiger partial charge in [-0.1, -0.05) is 92.7 Å². The van der Waals surface area contributed by atoms with E-state index >= 15 is 0 Å². The van der Waals surface area contributed by atoms with E-state index < -0.39 is 0 Å². The van der Waals surface area contributed by atoms with Crippen LogP contribution in [-0.4, -0.2) is 15.0 Å². The number of hydrogen-bond acceptors (Lipinski definition) is 5. The van der Waals surface area contributed by atoms with Crippen molar-refractivity contribution in [3.05, 3.63) is 151 Å². The minimum absolute atomic E-state index is 0.101. The molecular weight excluding hydrogens is 603 g/mol. The van der Waals surface area contributed by atoms with Gasteiger partial charge in [0.05, 0.1) is 11.2 Å². The third kappa shape index (κ3) is 4.36. The van der Waals surface area contributed by atoms with Gasteiger partial charge in [-0.25, -0.2) is 15.0 Å². The van der Waals surface area contributed by atoms with Crippen LogP contribution < -0.4 is 0 Å². The van der Waals surface area contributed by atoms with Gasteiger partial charge in [0, 0.05) is 27.5 Å². The van der Waals surface area contributed by atoms with Crippen molar-refractivity contribution >= 4 is 33.1 Å². The van der Waals surface area contributed by atoms with Crippen LogP contribution in [0.2, 0.25) is 0 Å². The Kier molecular flexibility index (Phi) is 5.85. The summed E-state index contributed by atoms with van der Waals surface area (Å²) < 4.78 is 12.5. The van der Waals surface area contributed by atoms with Crippen LogP contribution in [0.25, 0.3) is 89.5 Å². The Morgan fingerprint density at radius 3 is 1.69 bits per heavy atom. The van der Waals surface area contributed by atoms with Crippen molar-refractivity contribution in [2.24, 2.45) is 0 Å². The third-order valence-electron chi connectivity index (χ3n) is 9.92. The molecule has 0 aliphatic heterocycles. The molecule has 9 aromatic rings. The Bertz CT molecular complexity index is 2610. The molecule has 3 aromatic heterocycles. The molecule has 49 heavy (non-hydrogen) atoms. The number of hydrogen-bond donors (Lipinski definition) is 0. The quantitative estimate of drug-likeness (QED) is 0.193. The predicted molar refractivity (Wildman–Crippen MR) is 196 cm³/mol. The molecule has 232 valence electrons. The molecule has 0 unspecified atom stereocenters. The number of pyridine rings is 1. The van der Waals surface area contributed by atoms with Gasteiger partial charge in [-0.15, -0.1) is 0 Å². The van der Waals surface area contributed by atoms with E-state index in [1.165, 1.54) is 22.3 Å². The van der Waals surface area contributed by atoms with Crippen LogP contribution in [0.4, 0.5) is 0 Å². The van der Waals surface area contributed by atoms with E-state index in [4.69, 9.17) is 23.8 Å². The van der Waals surface area contributed by atoms with Gasteiger partial charge in [0.15, 0.2) is 11.2 Å². The standard InChI is InChI=1S/C44H29N3O2/c1-44(2)34-13-5-3-11-30(34)31-20-19-26(24-35(31)44)33-25-39(45-36-14-6-4-12-32(33)36)27-21-28(42-46-37-15-7-9-17-40(37)48-42)23-29(22-27)43-47-38-16-8-10-18-41(38)49-43/h3-25H,1-2H3. The first-order chi connectivity index (χ1) is 24.0. The first kappa shape index (κ1) is 27.8. The van der Waals surface area contributed by atoms with Crippen LogP contribution in [0.5, 0.6) is 0 Å². The van der Waals surface area contributed by atoms with E-state index in [9.17, 15) is 0 Å². The van der Waals surface area contributed by atoms with Crippen LogP contribution in [-0.2, 0) is 5.41 Å². The molecule has 0 amide bonds. The summed E-state index contributed by atoms with van der Waals surface area (Å²) in [5.41, 5.74) is 14.9. The van der Waals surface area contributed by atoms with E-state index in [2.05, 4.69) is 92.7 Å². The summed E-state index contributed by atoms with van der Waals surface area (Å²) in [5, 5.41) is 1.11.